The van der Waals surface area contributed by atoms with Gasteiger partial charge in [0, 0.05) is 17.2 Å². The van der Waals surface area contributed by atoms with E-state index in [4.69, 9.17) is 0 Å². The molecule has 2 rings (SSSR count). The number of aromatic nitrogens is 2. The number of hydrogen-bond acceptors (Lipinski definition) is 7. The molecule has 0 aliphatic rings. The average molecular weight is 378 g/mol. The molecule has 2 N–H and O–H groups in total. The van der Waals surface area contributed by atoms with Crippen molar-refractivity contribution in [2.75, 3.05) is 16.4 Å². The lowest BCUT2D eigenvalue weighted by Gasteiger charge is -2.04. The molecule has 0 spiro atoms. The van der Waals surface area contributed by atoms with Crippen LogP contribution >= 0.6 is 23.1 Å². The Hall–Kier alpha value is -2.26. The van der Waals surface area contributed by atoms with Gasteiger partial charge in [-0.25, -0.2) is 0 Å². The highest BCUT2D eigenvalue weighted by Crippen LogP contribution is 2.25. The zero-order valence-electron chi connectivity index (χ0n) is 14.0. The second-order valence-corrected chi connectivity index (χ2v) is 7.69. The van der Waals surface area contributed by atoms with Crippen LogP contribution in [0.1, 0.15) is 31.1 Å². The van der Waals surface area contributed by atoms with Crippen LogP contribution in [0.2, 0.25) is 0 Å². The fourth-order valence-electron chi connectivity index (χ4n) is 1.68. The van der Waals surface area contributed by atoms with Gasteiger partial charge in [-0.2, -0.15) is 0 Å². The van der Waals surface area contributed by atoms with E-state index in [0.717, 1.165) is 0 Å². The highest BCUT2D eigenvalue weighted by molar-refractivity contribution is 8.01. The zero-order chi connectivity index (χ0) is 18.4. The van der Waals surface area contributed by atoms with Gasteiger partial charge in [-0.3, -0.25) is 14.4 Å². The summed E-state index contributed by atoms with van der Waals surface area (Å²) >= 11 is 2.46. The third kappa shape index (κ3) is 5.95. The first-order chi connectivity index (χ1) is 11.8. The molecule has 1 aromatic heterocycles. The monoisotopic (exact) mass is 378 g/mol. The number of Topliss-reactive ketones (excluding diaryl/α,β-unsaturated/α-hetero) is 1. The van der Waals surface area contributed by atoms with Crippen molar-refractivity contribution in [2.24, 2.45) is 5.92 Å². The topological polar surface area (TPSA) is 101 Å². The van der Waals surface area contributed by atoms with Gasteiger partial charge in [-0.05, 0) is 31.2 Å². The van der Waals surface area contributed by atoms with Crippen molar-refractivity contribution < 1.29 is 14.4 Å². The molecule has 132 valence electrons. The van der Waals surface area contributed by atoms with Gasteiger partial charge in [-0.15, -0.1) is 10.2 Å². The third-order valence-corrected chi connectivity index (χ3v) is 5.03. The van der Waals surface area contributed by atoms with Crippen molar-refractivity contribution in [1.29, 1.82) is 0 Å². The van der Waals surface area contributed by atoms with Gasteiger partial charge < -0.3 is 10.6 Å². The Labute approximate surface area is 153 Å². The molecule has 2 amide bonds. The molecule has 25 heavy (non-hydrogen) atoms. The maximum Gasteiger partial charge on any atom is 0.234 e. The molecule has 9 heteroatoms. The number of nitrogens with one attached hydrogen (secondary N) is 2. The predicted molar refractivity (Wildman–Crippen MR) is 99.2 cm³/mol. The fourth-order valence-corrected chi connectivity index (χ4v) is 3.24. The summed E-state index contributed by atoms with van der Waals surface area (Å²) in [5, 5.41) is 13.7. The summed E-state index contributed by atoms with van der Waals surface area (Å²) in [6, 6.07) is 6.70. The smallest absolute Gasteiger partial charge is 0.234 e. The molecule has 0 bridgehead atoms. The van der Waals surface area contributed by atoms with E-state index >= 15 is 0 Å². The quantitative estimate of drug-likeness (QED) is 0.436. The Kier molecular flexibility index (Phi) is 6.65. The molecule has 1 heterocycles. The molecule has 1 aromatic carbocycles. The van der Waals surface area contributed by atoms with Gasteiger partial charge >= 0.3 is 0 Å². The Morgan fingerprint density at radius 1 is 1.12 bits per heavy atom. The summed E-state index contributed by atoms with van der Waals surface area (Å²) in [7, 11) is 0. The van der Waals surface area contributed by atoms with Crippen molar-refractivity contribution >= 4 is 51.5 Å². The number of anilines is 2. The summed E-state index contributed by atoms with van der Waals surface area (Å²) in [6.07, 6.45) is 0. The SMILES string of the molecule is CC(=O)c1ccc(NC(=O)CSc2nnc(NC(=O)C(C)C)s2)cc1. The third-order valence-electron chi connectivity index (χ3n) is 3.06. The number of amides is 2. The fraction of sp³-hybridized carbons (Fsp3) is 0.312. The number of nitrogens with zero attached hydrogens (tertiary/aromatic N) is 2. The van der Waals surface area contributed by atoms with Crippen molar-refractivity contribution in [1.82, 2.24) is 10.2 Å². The van der Waals surface area contributed by atoms with E-state index in [-0.39, 0.29) is 29.3 Å². The normalized spacial score (nSPS) is 10.6. The standard InChI is InChI=1S/C16H18N4O3S2/c1-9(2)14(23)18-15-19-20-16(25-15)24-8-13(22)17-12-6-4-11(5-7-12)10(3)21/h4-7,9H,8H2,1-3H3,(H,17,22)(H,18,19,23). The lowest BCUT2D eigenvalue weighted by molar-refractivity contribution is -0.119. The largest absolute Gasteiger partial charge is 0.325 e. The Balaban J connectivity index is 1.83. The van der Waals surface area contributed by atoms with E-state index in [1.807, 2.05) is 0 Å². The van der Waals surface area contributed by atoms with Crippen LogP contribution in [0, 0.1) is 5.92 Å². The number of rotatable bonds is 7. The Morgan fingerprint density at radius 3 is 2.40 bits per heavy atom. The molecular formula is C16H18N4O3S2. The Morgan fingerprint density at radius 2 is 1.80 bits per heavy atom. The van der Waals surface area contributed by atoms with Crippen LogP contribution in [0.25, 0.3) is 0 Å². The number of benzene rings is 1. The first-order valence-corrected chi connectivity index (χ1v) is 9.33. The molecule has 7 nitrogen and oxygen atoms in total. The maximum atomic E-state index is 12.0. The highest BCUT2D eigenvalue weighted by atomic mass is 32.2. The number of carbonyl (C=O) groups excluding carboxylic acids is 3. The van der Waals surface area contributed by atoms with Crippen LogP contribution < -0.4 is 10.6 Å². The van der Waals surface area contributed by atoms with Gasteiger partial charge in [-0.1, -0.05) is 36.9 Å². The number of hydrogen-bond donors (Lipinski definition) is 2. The van der Waals surface area contributed by atoms with Gasteiger partial charge in [0.25, 0.3) is 0 Å². The van der Waals surface area contributed by atoms with Gasteiger partial charge in [0.15, 0.2) is 10.1 Å². The highest BCUT2D eigenvalue weighted by Gasteiger charge is 2.12. The summed E-state index contributed by atoms with van der Waals surface area (Å²) in [6.45, 7) is 5.07. The number of carbonyl (C=O) groups is 3. The van der Waals surface area contributed by atoms with Crippen LogP contribution in [0.4, 0.5) is 10.8 Å². The average Bonchev–Trinajstić information content (AvgIpc) is 3.01. The van der Waals surface area contributed by atoms with E-state index in [1.165, 1.54) is 30.0 Å². The molecule has 0 aliphatic heterocycles. The molecule has 0 aliphatic carbocycles. The predicted octanol–water partition coefficient (Wildman–Crippen LogP) is 3.07. The van der Waals surface area contributed by atoms with E-state index in [0.29, 0.717) is 20.7 Å². The summed E-state index contributed by atoms with van der Waals surface area (Å²) in [5.41, 5.74) is 1.22. The molecule has 0 atom stereocenters. The van der Waals surface area contributed by atoms with Gasteiger partial charge in [0.1, 0.15) is 0 Å². The lowest BCUT2D eigenvalue weighted by atomic mass is 10.1. The van der Waals surface area contributed by atoms with E-state index < -0.39 is 0 Å². The van der Waals surface area contributed by atoms with Gasteiger partial charge in [0.2, 0.25) is 16.9 Å². The molecule has 0 saturated carbocycles. The Bertz CT molecular complexity index is 772. The number of ketones is 1. The van der Waals surface area contributed by atoms with E-state index in [1.54, 1.807) is 38.1 Å². The second kappa shape index (κ2) is 8.72. The molecule has 0 unspecified atom stereocenters. The van der Waals surface area contributed by atoms with Crippen molar-refractivity contribution in [2.45, 2.75) is 25.1 Å². The van der Waals surface area contributed by atoms with Crippen LogP contribution in [-0.4, -0.2) is 33.5 Å². The lowest BCUT2D eigenvalue weighted by Crippen LogP contribution is -2.17. The first-order valence-electron chi connectivity index (χ1n) is 7.53. The minimum atomic E-state index is -0.191. The summed E-state index contributed by atoms with van der Waals surface area (Å²) < 4.78 is 0.598. The first kappa shape index (κ1) is 19.1. The molecule has 0 fully saturated rings. The van der Waals surface area contributed by atoms with Crippen LogP contribution in [-0.2, 0) is 9.59 Å². The van der Waals surface area contributed by atoms with Crippen LogP contribution in [0.15, 0.2) is 28.6 Å². The zero-order valence-corrected chi connectivity index (χ0v) is 15.7. The van der Waals surface area contributed by atoms with Crippen LogP contribution in [0.3, 0.4) is 0 Å². The van der Waals surface area contributed by atoms with Crippen molar-refractivity contribution in [3.8, 4) is 0 Å². The molecule has 0 saturated heterocycles. The van der Waals surface area contributed by atoms with Crippen LogP contribution in [0.5, 0.6) is 0 Å². The molecule has 2 aromatic rings. The van der Waals surface area contributed by atoms with Crippen molar-refractivity contribution in [3.05, 3.63) is 29.8 Å². The molecule has 0 radical (unpaired) electrons. The summed E-state index contributed by atoms with van der Waals surface area (Å²) in [4.78, 5) is 34.8. The molecular weight excluding hydrogens is 360 g/mol. The van der Waals surface area contributed by atoms with E-state index in [9.17, 15) is 14.4 Å². The second-order valence-electron chi connectivity index (χ2n) is 5.49. The maximum absolute atomic E-state index is 12.0. The van der Waals surface area contributed by atoms with E-state index in [2.05, 4.69) is 20.8 Å². The number of thioether (sulfide) groups is 1. The van der Waals surface area contributed by atoms with Crippen molar-refractivity contribution in [3.63, 3.8) is 0 Å². The van der Waals surface area contributed by atoms with Gasteiger partial charge in [0.05, 0.1) is 5.75 Å². The summed E-state index contributed by atoms with van der Waals surface area (Å²) in [5.74, 6) is -0.311. The minimum Gasteiger partial charge on any atom is -0.325 e. The minimum absolute atomic E-state index is 0.0231.